The number of benzene rings is 3. The Labute approximate surface area is 159 Å². The van der Waals surface area contributed by atoms with Gasteiger partial charge in [-0.05, 0) is 35.7 Å². The van der Waals surface area contributed by atoms with Gasteiger partial charge < -0.3 is 14.3 Å². The van der Waals surface area contributed by atoms with Gasteiger partial charge in [0.15, 0.2) is 0 Å². The lowest BCUT2D eigenvalue weighted by molar-refractivity contribution is 0.0882. The Kier molecular flexibility index (Phi) is 4.90. The molecule has 0 spiro atoms. The second-order valence-corrected chi connectivity index (χ2v) is 6.30. The molecule has 0 unspecified atom stereocenters. The molecule has 0 saturated heterocycles. The third kappa shape index (κ3) is 3.79. The maximum Gasteiger partial charge on any atom is 0.437 e. The van der Waals surface area contributed by atoms with Gasteiger partial charge in [0.05, 0.1) is 6.54 Å². The van der Waals surface area contributed by atoms with Crippen molar-refractivity contribution in [1.82, 2.24) is 9.78 Å². The van der Waals surface area contributed by atoms with Crippen LogP contribution in [0.2, 0.25) is 0 Å². The van der Waals surface area contributed by atoms with Crippen molar-refractivity contribution in [3.05, 3.63) is 83.1 Å². The molecular formula is C21H17FN2O4. The Morgan fingerprint density at radius 3 is 2.64 bits per heavy atom. The summed E-state index contributed by atoms with van der Waals surface area (Å²) >= 11 is 0. The summed E-state index contributed by atoms with van der Waals surface area (Å²) in [5, 5.41) is 16.3. The van der Waals surface area contributed by atoms with Gasteiger partial charge in [-0.1, -0.05) is 36.4 Å². The van der Waals surface area contributed by atoms with Crippen LogP contribution in [-0.4, -0.2) is 27.6 Å². The summed E-state index contributed by atoms with van der Waals surface area (Å²) in [5.41, 5.74) is 0.471. The number of fused-ring (bicyclic) bond motifs is 1. The second kappa shape index (κ2) is 7.66. The molecule has 0 radical (unpaired) electrons. The van der Waals surface area contributed by atoms with E-state index < -0.39 is 17.7 Å². The third-order valence-corrected chi connectivity index (χ3v) is 4.26. The molecule has 1 aromatic heterocycles. The summed E-state index contributed by atoms with van der Waals surface area (Å²) in [7, 11) is 0. The first kappa shape index (κ1) is 17.9. The number of hydrogen-bond acceptors (Lipinski definition) is 5. The number of aliphatic hydroxyl groups excluding tert-OH is 1. The fourth-order valence-electron chi connectivity index (χ4n) is 2.89. The molecule has 0 saturated carbocycles. The number of halogens is 1. The molecule has 0 amide bonds. The maximum absolute atomic E-state index is 13.0. The quantitative estimate of drug-likeness (QED) is 0.556. The van der Waals surface area contributed by atoms with E-state index in [2.05, 4.69) is 5.10 Å². The zero-order valence-corrected chi connectivity index (χ0v) is 14.8. The van der Waals surface area contributed by atoms with E-state index in [1.165, 1.54) is 24.3 Å². The summed E-state index contributed by atoms with van der Waals surface area (Å²) < 4.78 is 24.9. The van der Waals surface area contributed by atoms with Crippen molar-refractivity contribution in [3.63, 3.8) is 0 Å². The molecule has 7 heteroatoms. The zero-order valence-electron chi connectivity index (χ0n) is 14.8. The van der Waals surface area contributed by atoms with Gasteiger partial charge >= 0.3 is 5.76 Å². The van der Waals surface area contributed by atoms with Crippen molar-refractivity contribution in [1.29, 1.82) is 0 Å². The Balaban J connectivity index is 1.44. The van der Waals surface area contributed by atoms with E-state index in [1.807, 2.05) is 42.5 Å². The van der Waals surface area contributed by atoms with Gasteiger partial charge in [-0.25, -0.2) is 9.18 Å². The first-order valence-corrected chi connectivity index (χ1v) is 8.73. The molecule has 3 aromatic carbocycles. The topological polar surface area (TPSA) is 77.5 Å². The van der Waals surface area contributed by atoms with Crippen LogP contribution in [0.3, 0.4) is 0 Å². The molecule has 4 rings (SSSR count). The molecule has 28 heavy (non-hydrogen) atoms. The van der Waals surface area contributed by atoms with E-state index in [0.29, 0.717) is 11.3 Å². The van der Waals surface area contributed by atoms with E-state index in [9.17, 15) is 14.3 Å². The predicted molar refractivity (Wildman–Crippen MR) is 102 cm³/mol. The van der Waals surface area contributed by atoms with Crippen molar-refractivity contribution in [2.45, 2.75) is 12.6 Å². The van der Waals surface area contributed by atoms with Crippen LogP contribution in [0.4, 0.5) is 4.39 Å². The maximum atomic E-state index is 13.0. The molecule has 142 valence electrons. The third-order valence-electron chi connectivity index (χ3n) is 4.26. The van der Waals surface area contributed by atoms with Crippen LogP contribution in [-0.2, 0) is 6.54 Å². The Morgan fingerprint density at radius 2 is 1.82 bits per heavy atom. The SMILES string of the molecule is O=c1oc(-c2ccc(F)cc2)nn1C[C@H](O)COc1cccc2ccccc12. The van der Waals surface area contributed by atoms with Gasteiger partial charge in [-0.15, -0.1) is 5.10 Å². The minimum atomic E-state index is -0.970. The van der Waals surface area contributed by atoms with Gasteiger partial charge in [0, 0.05) is 10.9 Å². The van der Waals surface area contributed by atoms with E-state index in [4.69, 9.17) is 9.15 Å². The first-order chi connectivity index (χ1) is 13.6. The molecule has 0 aliphatic heterocycles. The highest BCUT2D eigenvalue weighted by Crippen LogP contribution is 2.25. The van der Waals surface area contributed by atoms with Crippen LogP contribution in [0.5, 0.6) is 5.75 Å². The minimum absolute atomic E-state index is 0.0147. The molecule has 0 aliphatic rings. The van der Waals surface area contributed by atoms with Crippen LogP contribution in [0, 0.1) is 5.82 Å². The van der Waals surface area contributed by atoms with Crippen LogP contribution in [0.15, 0.2) is 75.9 Å². The van der Waals surface area contributed by atoms with Crippen LogP contribution in [0.1, 0.15) is 0 Å². The fourth-order valence-corrected chi connectivity index (χ4v) is 2.89. The lowest BCUT2D eigenvalue weighted by atomic mass is 10.1. The van der Waals surface area contributed by atoms with Gasteiger partial charge in [0.1, 0.15) is 24.3 Å². The number of rotatable bonds is 6. The molecule has 0 aliphatic carbocycles. The van der Waals surface area contributed by atoms with Crippen molar-refractivity contribution in [2.24, 2.45) is 0 Å². The number of nitrogens with zero attached hydrogens (tertiary/aromatic N) is 2. The van der Waals surface area contributed by atoms with Crippen molar-refractivity contribution >= 4 is 10.8 Å². The van der Waals surface area contributed by atoms with E-state index in [0.717, 1.165) is 15.5 Å². The Hall–Kier alpha value is -3.45. The Bertz CT molecular complexity index is 1150. The van der Waals surface area contributed by atoms with Crippen molar-refractivity contribution in [3.8, 4) is 17.2 Å². The standard InChI is InChI=1S/C21H17FN2O4/c22-16-10-8-15(9-11-16)20-23-24(21(26)28-20)12-17(25)13-27-19-7-3-5-14-4-1-2-6-18(14)19/h1-11,17,25H,12-13H2/t17-/m0/s1. The molecule has 4 aromatic rings. The van der Waals surface area contributed by atoms with E-state index >= 15 is 0 Å². The molecule has 0 fully saturated rings. The minimum Gasteiger partial charge on any atom is -0.490 e. The molecule has 1 heterocycles. The number of hydrogen-bond donors (Lipinski definition) is 1. The summed E-state index contributed by atoms with van der Waals surface area (Å²) in [5.74, 6) is -0.390. The summed E-state index contributed by atoms with van der Waals surface area (Å²) in [4.78, 5) is 12.0. The predicted octanol–water partition coefficient (Wildman–Crippen LogP) is 3.24. The molecule has 1 atom stereocenters. The van der Waals surface area contributed by atoms with Crippen molar-refractivity contribution in [2.75, 3.05) is 6.61 Å². The largest absolute Gasteiger partial charge is 0.490 e. The highest BCUT2D eigenvalue weighted by atomic mass is 19.1. The summed E-state index contributed by atoms with van der Waals surface area (Å²) in [6, 6.07) is 18.9. The second-order valence-electron chi connectivity index (χ2n) is 6.30. The summed E-state index contributed by atoms with van der Waals surface area (Å²) in [6.07, 6.45) is -0.970. The van der Waals surface area contributed by atoms with Crippen LogP contribution >= 0.6 is 0 Å². The number of ether oxygens (including phenoxy) is 1. The zero-order chi connectivity index (χ0) is 19.5. The molecular weight excluding hydrogens is 363 g/mol. The molecule has 6 nitrogen and oxygen atoms in total. The van der Waals surface area contributed by atoms with Crippen molar-refractivity contribution < 1.29 is 18.7 Å². The Morgan fingerprint density at radius 1 is 1.07 bits per heavy atom. The van der Waals surface area contributed by atoms with E-state index in [1.54, 1.807) is 0 Å². The van der Waals surface area contributed by atoms with Gasteiger partial charge in [0.2, 0.25) is 5.89 Å². The lowest BCUT2D eigenvalue weighted by Crippen LogP contribution is -2.29. The lowest BCUT2D eigenvalue weighted by Gasteiger charge is -2.13. The molecule has 1 N–H and O–H groups in total. The number of aliphatic hydroxyl groups is 1. The summed E-state index contributed by atoms with van der Waals surface area (Å²) in [6.45, 7) is -0.104. The molecule has 0 bridgehead atoms. The number of aromatic nitrogens is 2. The fraction of sp³-hybridized carbons (Fsp3) is 0.143. The van der Waals surface area contributed by atoms with Crippen LogP contribution in [0.25, 0.3) is 22.2 Å². The smallest absolute Gasteiger partial charge is 0.437 e. The monoisotopic (exact) mass is 380 g/mol. The van der Waals surface area contributed by atoms with E-state index in [-0.39, 0.29) is 19.0 Å². The average molecular weight is 380 g/mol. The normalized spacial score (nSPS) is 12.2. The first-order valence-electron chi connectivity index (χ1n) is 8.73. The van der Waals surface area contributed by atoms with Crippen LogP contribution < -0.4 is 10.5 Å². The van der Waals surface area contributed by atoms with Gasteiger partial charge in [-0.3, -0.25) is 0 Å². The van der Waals surface area contributed by atoms with Gasteiger partial charge in [-0.2, -0.15) is 4.68 Å². The average Bonchev–Trinajstić information content (AvgIpc) is 3.07. The highest BCUT2D eigenvalue weighted by molar-refractivity contribution is 5.88. The highest BCUT2D eigenvalue weighted by Gasteiger charge is 2.15. The van der Waals surface area contributed by atoms with Gasteiger partial charge in [0.25, 0.3) is 0 Å².